The summed E-state index contributed by atoms with van der Waals surface area (Å²) in [6.07, 6.45) is 4.95. The van der Waals surface area contributed by atoms with Crippen molar-refractivity contribution in [2.45, 2.75) is 32.7 Å². The number of aryl methyl sites for hydroxylation is 1. The van der Waals surface area contributed by atoms with Crippen LogP contribution in [0.2, 0.25) is 0 Å². The molecule has 0 spiro atoms. The molecule has 2 aromatic heterocycles. The van der Waals surface area contributed by atoms with E-state index in [9.17, 15) is 4.79 Å². The maximum absolute atomic E-state index is 12.6. The third kappa shape index (κ3) is 1.56. The minimum atomic E-state index is 0.0747. The molecule has 19 heavy (non-hydrogen) atoms. The number of hydrogen-bond acceptors (Lipinski definition) is 5. The largest absolute Gasteiger partial charge is 0.271 e. The predicted octanol–water partition coefficient (Wildman–Crippen LogP) is 1.99. The average Bonchev–Trinajstić information content (AvgIpc) is 2.76. The van der Waals surface area contributed by atoms with Gasteiger partial charge in [-0.2, -0.15) is 5.10 Å². The van der Waals surface area contributed by atoms with Crippen LogP contribution in [0.25, 0.3) is 10.2 Å². The van der Waals surface area contributed by atoms with E-state index in [1.807, 2.05) is 0 Å². The second-order valence-corrected chi connectivity index (χ2v) is 6.39. The molecular formula is C13H14N4OS. The lowest BCUT2D eigenvalue weighted by molar-refractivity contribution is 0.509. The lowest BCUT2D eigenvalue weighted by Gasteiger charge is -2.18. The van der Waals surface area contributed by atoms with Gasteiger partial charge in [-0.3, -0.25) is 9.36 Å². The molecule has 1 N–H and O–H groups in total. The van der Waals surface area contributed by atoms with Gasteiger partial charge in [-0.1, -0.05) is 6.92 Å². The number of rotatable bonds is 0. The van der Waals surface area contributed by atoms with Gasteiger partial charge < -0.3 is 0 Å². The van der Waals surface area contributed by atoms with E-state index in [2.05, 4.69) is 22.4 Å². The molecule has 0 bridgehead atoms. The smallest absolute Gasteiger partial charge is 0.264 e. The first-order valence-electron chi connectivity index (χ1n) is 6.56. The van der Waals surface area contributed by atoms with Crippen molar-refractivity contribution in [3.8, 4) is 0 Å². The fourth-order valence-electron chi connectivity index (χ4n) is 2.90. The highest BCUT2D eigenvalue weighted by Crippen LogP contribution is 2.36. The average molecular weight is 274 g/mol. The van der Waals surface area contributed by atoms with Gasteiger partial charge in [0, 0.05) is 11.1 Å². The Kier molecular flexibility index (Phi) is 2.29. The van der Waals surface area contributed by atoms with Crippen molar-refractivity contribution in [1.29, 1.82) is 0 Å². The molecule has 2 aliphatic rings. The number of thiophene rings is 1. The van der Waals surface area contributed by atoms with Gasteiger partial charge in [0.25, 0.3) is 5.56 Å². The van der Waals surface area contributed by atoms with Crippen molar-refractivity contribution in [2.24, 2.45) is 11.0 Å². The molecule has 1 aliphatic heterocycles. The first-order chi connectivity index (χ1) is 9.24. The summed E-state index contributed by atoms with van der Waals surface area (Å²) in [6.45, 7) is 2.78. The summed E-state index contributed by atoms with van der Waals surface area (Å²) in [4.78, 5) is 19.4. The normalized spacial score (nSPS) is 21.0. The fraction of sp³-hybridized carbons (Fsp3) is 0.462. The molecule has 5 nitrogen and oxygen atoms in total. The van der Waals surface area contributed by atoms with Crippen molar-refractivity contribution < 1.29 is 0 Å². The molecular weight excluding hydrogens is 260 g/mol. The van der Waals surface area contributed by atoms with E-state index in [-0.39, 0.29) is 5.56 Å². The van der Waals surface area contributed by atoms with Gasteiger partial charge in [0.05, 0.1) is 11.9 Å². The Labute approximate surface area is 114 Å². The molecule has 1 atom stereocenters. The Bertz CT molecular complexity index is 758. The van der Waals surface area contributed by atoms with E-state index >= 15 is 0 Å². The SMILES string of the molecule is C[C@@H]1CCc2c(sc3nc4n(c(=O)c23)CC=NN4)C1. The van der Waals surface area contributed by atoms with Gasteiger partial charge in [0.15, 0.2) is 0 Å². The number of nitrogens with zero attached hydrogens (tertiary/aromatic N) is 3. The van der Waals surface area contributed by atoms with Crippen LogP contribution in [0.15, 0.2) is 9.90 Å². The molecule has 0 amide bonds. The topological polar surface area (TPSA) is 59.3 Å². The summed E-state index contributed by atoms with van der Waals surface area (Å²) in [7, 11) is 0. The third-order valence-corrected chi connectivity index (χ3v) is 5.08. The molecule has 4 rings (SSSR count). The lowest BCUT2D eigenvalue weighted by Crippen LogP contribution is -2.27. The molecule has 98 valence electrons. The molecule has 0 saturated carbocycles. The highest BCUT2D eigenvalue weighted by Gasteiger charge is 2.24. The Hall–Kier alpha value is -1.69. The molecule has 0 fully saturated rings. The van der Waals surface area contributed by atoms with Gasteiger partial charge in [0.2, 0.25) is 5.95 Å². The first-order valence-corrected chi connectivity index (χ1v) is 7.38. The quantitative estimate of drug-likeness (QED) is 0.799. The second-order valence-electron chi connectivity index (χ2n) is 5.31. The number of hydrazone groups is 1. The second kappa shape index (κ2) is 3.90. The molecule has 6 heteroatoms. The van der Waals surface area contributed by atoms with Crippen LogP contribution < -0.4 is 11.0 Å². The summed E-state index contributed by atoms with van der Waals surface area (Å²) in [5.41, 5.74) is 4.13. The lowest BCUT2D eigenvalue weighted by atomic mass is 9.89. The van der Waals surface area contributed by atoms with E-state index in [4.69, 9.17) is 0 Å². The number of aromatic nitrogens is 2. The zero-order valence-corrected chi connectivity index (χ0v) is 11.5. The van der Waals surface area contributed by atoms with E-state index in [0.29, 0.717) is 18.4 Å². The van der Waals surface area contributed by atoms with Gasteiger partial charge >= 0.3 is 0 Å². The highest BCUT2D eigenvalue weighted by atomic mass is 32.1. The van der Waals surface area contributed by atoms with Crippen LogP contribution in [-0.2, 0) is 19.4 Å². The number of fused-ring (bicyclic) bond motifs is 4. The minimum Gasteiger partial charge on any atom is -0.271 e. The zero-order chi connectivity index (χ0) is 13.0. The van der Waals surface area contributed by atoms with Crippen LogP contribution in [0.1, 0.15) is 23.8 Å². The van der Waals surface area contributed by atoms with Crippen molar-refractivity contribution in [3.63, 3.8) is 0 Å². The Morgan fingerprint density at radius 3 is 3.32 bits per heavy atom. The van der Waals surface area contributed by atoms with Crippen LogP contribution in [0.5, 0.6) is 0 Å². The van der Waals surface area contributed by atoms with E-state index in [0.717, 1.165) is 23.1 Å². The highest BCUT2D eigenvalue weighted by molar-refractivity contribution is 7.18. The molecule has 0 saturated heterocycles. The van der Waals surface area contributed by atoms with Gasteiger partial charge in [-0.25, -0.2) is 10.4 Å². The van der Waals surface area contributed by atoms with Crippen molar-refractivity contribution >= 4 is 33.7 Å². The van der Waals surface area contributed by atoms with Crippen LogP contribution in [0, 0.1) is 5.92 Å². The van der Waals surface area contributed by atoms with Gasteiger partial charge in [-0.15, -0.1) is 11.3 Å². The van der Waals surface area contributed by atoms with Crippen LogP contribution in [-0.4, -0.2) is 15.8 Å². The molecule has 0 unspecified atom stereocenters. The number of anilines is 1. The number of hydrogen-bond donors (Lipinski definition) is 1. The van der Waals surface area contributed by atoms with E-state index in [1.54, 1.807) is 22.1 Å². The minimum absolute atomic E-state index is 0.0747. The summed E-state index contributed by atoms with van der Waals surface area (Å²) >= 11 is 1.67. The summed E-state index contributed by atoms with van der Waals surface area (Å²) < 4.78 is 1.67. The molecule has 3 heterocycles. The van der Waals surface area contributed by atoms with Crippen molar-refractivity contribution in [3.05, 3.63) is 20.8 Å². The van der Waals surface area contributed by atoms with E-state index < -0.39 is 0 Å². The maximum atomic E-state index is 12.6. The van der Waals surface area contributed by atoms with Crippen molar-refractivity contribution in [2.75, 3.05) is 5.43 Å². The van der Waals surface area contributed by atoms with Crippen LogP contribution in [0.3, 0.4) is 0 Å². The Morgan fingerprint density at radius 1 is 1.53 bits per heavy atom. The summed E-state index contributed by atoms with van der Waals surface area (Å²) in [5, 5.41) is 4.81. The van der Waals surface area contributed by atoms with Gasteiger partial charge in [-0.05, 0) is 30.7 Å². The third-order valence-electron chi connectivity index (χ3n) is 3.94. The molecule has 0 radical (unpaired) electrons. The zero-order valence-electron chi connectivity index (χ0n) is 10.6. The van der Waals surface area contributed by atoms with Crippen LogP contribution >= 0.6 is 11.3 Å². The van der Waals surface area contributed by atoms with Crippen LogP contribution in [0.4, 0.5) is 5.95 Å². The van der Waals surface area contributed by atoms with Crippen molar-refractivity contribution in [1.82, 2.24) is 9.55 Å². The number of nitrogens with one attached hydrogen (secondary N) is 1. The molecule has 1 aliphatic carbocycles. The standard InChI is InChI=1S/C13H14N4OS/c1-7-2-3-8-9(6-7)19-11-10(8)12(18)17-5-4-14-16-13(17)15-11/h4,7H,2-3,5-6H2,1H3,(H,15,16)/t7-/m1/s1. The monoisotopic (exact) mass is 274 g/mol. The molecule has 0 aromatic carbocycles. The first kappa shape index (κ1) is 11.2. The summed E-state index contributed by atoms with van der Waals surface area (Å²) in [6, 6.07) is 0. The maximum Gasteiger partial charge on any atom is 0.264 e. The molecule has 2 aromatic rings. The summed E-state index contributed by atoms with van der Waals surface area (Å²) in [5.74, 6) is 1.27. The van der Waals surface area contributed by atoms with E-state index in [1.165, 1.54) is 16.9 Å². The predicted molar refractivity (Wildman–Crippen MR) is 77.2 cm³/mol. The fourth-order valence-corrected chi connectivity index (χ4v) is 4.28. The Morgan fingerprint density at radius 2 is 2.42 bits per heavy atom. The Balaban J connectivity index is 2.03. The van der Waals surface area contributed by atoms with Gasteiger partial charge in [0.1, 0.15) is 4.83 Å².